The van der Waals surface area contributed by atoms with Gasteiger partial charge in [0.1, 0.15) is 0 Å². The van der Waals surface area contributed by atoms with E-state index in [1.54, 1.807) is 4.90 Å². The van der Waals surface area contributed by atoms with Crippen molar-refractivity contribution in [1.29, 1.82) is 0 Å². The zero-order valence-electron chi connectivity index (χ0n) is 8.65. The molecule has 2 radical (unpaired) electrons. The summed E-state index contributed by atoms with van der Waals surface area (Å²) < 4.78 is 0. The maximum atomic E-state index is 11.5. The Bertz CT molecular complexity index is 172. The van der Waals surface area contributed by atoms with Gasteiger partial charge in [0.25, 0.3) is 0 Å². The van der Waals surface area contributed by atoms with E-state index in [-0.39, 0.29) is 20.0 Å². The highest BCUT2D eigenvalue weighted by atomic mass is 35.6. The summed E-state index contributed by atoms with van der Waals surface area (Å²) in [5, 5.41) is 2.57. The van der Waals surface area contributed by atoms with Crippen LogP contribution < -0.4 is 5.32 Å². The van der Waals surface area contributed by atoms with E-state index >= 15 is 0 Å². The first kappa shape index (κ1) is 12.8. The molecule has 0 aromatic heterocycles. The van der Waals surface area contributed by atoms with Gasteiger partial charge < -0.3 is 10.2 Å². The lowest BCUT2D eigenvalue weighted by Gasteiger charge is -2.27. The van der Waals surface area contributed by atoms with Crippen LogP contribution in [-0.2, 0) is 0 Å². The van der Waals surface area contributed by atoms with E-state index in [4.69, 9.17) is 11.1 Å². The third-order valence-electron chi connectivity index (χ3n) is 1.71. The largest absolute Gasteiger partial charge is 0.335 e. The van der Waals surface area contributed by atoms with Crippen LogP contribution in [0.4, 0.5) is 4.79 Å². The van der Waals surface area contributed by atoms with Crippen molar-refractivity contribution in [2.45, 2.75) is 32.9 Å². The Kier molecular flexibility index (Phi) is 5.40. The average Bonchev–Trinajstić information content (AvgIpc) is 2.06. The summed E-state index contributed by atoms with van der Waals surface area (Å²) in [6.45, 7) is 9.20. The molecule has 0 rings (SSSR count). The van der Waals surface area contributed by atoms with Gasteiger partial charge in [-0.2, -0.15) is 11.1 Å². The van der Waals surface area contributed by atoms with Crippen LogP contribution >= 0.6 is 11.1 Å². The number of rotatable bonds is 4. The fraction of sp³-hybridized carbons (Fsp3) is 0.875. The van der Waals surface area contributed by atoms with Crippen LogP contribution in [0, 0.1) is 0 Å². The summed E-state index contributed by atoms with van der Waals surface area (Å²) in [7, 11) is 0.186. The first-order chi connectivity index (χ1) is 5.96. The summed E-state index contributed by atoms with van der Waals surface area (Å²) in [6, 6.07) is -0.0387. The van der Waals surface area contributed by atoms with Crippen LogP contribution in [0.15, 0.2) is 0 Å². The number of nitrogens with zero attached hydrogens (tertiary/aromatic N) is 1. The molecule has 0 spiro atoms. The van der Waals surface area contributed by atoms with Crippen LogP contribution in [0.25, 0.3) is 0 Å². The van der Waals surface area contributed by atoms with Crippen molar-refractivity contribution in [3.05, 3.63) is 0 Å². The average molecular weight is 221 g/mol. The molecule has 0 aliphatic carbocycles. The van der Waals surface area contributed by atoms with Gasteiger partial charge in [-0.25, -0.2) is 4.79 Å². The van der Waals surface area contributed by atoms with Crippen molar-refractivity contribution >= 4 is 25.9 Å². The van der Waals surface area contributed by atoms with Crippen LogP contribution in [0.5, 0.6) is 0 Å². The molecule has 0 heterocycles. The molecule has 0 aromatic carbocycles. The van der Waals surface area contributed by atoms with E-state index in [2.05, 4.69) is 5.32 Å². The van der Waals surface area contributed by atoms with Crippen LogP contribution in [-0.4, -0.2) is 38.0 Å². The molecule has 1 N–H and O–H groups in total. The molecule has 13 heavy (non-hydrogen) atoms. The van der Waals surface area contributed by atoms with E-state index in [1.807, 2.05) is 27.7 Å². The molecule has 0 bridgehead atoms. The van der Waals surface area contributed by atoms with Gasteiger partial charge in [0.2, 0.25) is 8.83 Å². The number of urea groups is 1. The quantitative estimate of drug-likeness (QED) is 0.567. The van der Waals surface area contributed by atoms with Crippen LogP contribution in [0.2, 0.25) is 0 Å². The van der Waals surface area contributed by atoms with Gasteiger partial charge in [0.15, 0.2) is 0 Å². The normalized spacial score (nSPS) is 11.2. The number of halogens is 1. The Morgan fingerprint density at radius 3 is 2.23 bits per heavy atom. The summed E-state index contributed by atoms with van der Waals surface area (Å²) in [4.78, 5) is 13.3. The molecule has 0 saturated carbocycles. The highest BCUT2D eigenvalue weighted by Crippen LogP contribution is 2.03. The van der Waals surface area contributed by atoms with E-state index in [0.29, 0.717) is 0 Å². The second-order valence-electron chi connectivity index (χ2n) is 3.32. The minimum absolute atomic E-state index is 0.0387. The molecule has 76 valence electrons. The lowest BCUT2D eigenvalue weighted by molar-refractivity contribution is 0.198. The van der Waals surface area contributed by atoms with Gasteiger partial charge in [-0.15, -0.1) is 0 Å². The Labute approximate surface area is 87.3 Å². The van der Waals surface area contributed by atoms with Gasteiger partial charge in [0.05, 0.1) is 0 Å². The van der Waals surface area contributed by atoms with Crippen molar-refractivity contribution in [3.8, 4) is 0 Å². The molecule has 0 atom stereocenters. The van der Waals surface area contributed by atoms with Crippen molar-refractivity contribution in [3.63, 3.8) is 0 Å². The van der Waals surface area contributed by atoms with E-state index in [0.717, 1.165) is 13.1 Å². The summed E-state index contributed by atoms with van der Waals surface area (Å²) in [5.74, 6) is 0. The van der Waals surface area contributed by atoms with E-state index in [1.165, 1.54) is 0 Å². The molecule has 2 amide bonds. The molecule has 5 heteroatoms. The Hall–Kier alpha value is -0.223. The van der Waals surface area contributed by atoms with Crippen molar-refractivity contribution < 1.29 is 4.79 Å². The second kappa shape index (κ2) is 5.50. The second-order valence-corrected chi connectivity index (χ2v) is 5.33. The summed E-state index contributed by atoms with van der Waals surface area (Å²) >= 11 is 5.72. The number of carbonyl (C=O) groups is 1. The van der Waals surface area contributed by atoms with E-state index in [9.17, 15) is 4.79 Å². The number of carbonyl (C=O) groups excluding carboxylic acids is 1. The molecule has 0 aromatic rings. The van der Waals surface area contributed by atoms with Gasteiger partial charge in [0, 0.05) is 18.3 Å². The lowest BCUT2D eigenvalue weighted by Crippen LogP contribution is -2.52. The lowest BCUT2D eigenvalue weighted by atomic mass is 10.4. The molecule has 3 nitrogen and oxygen atoms in total. The van der Waals surface area contributed by atoms with Gasteiger partial charge in [-0.1, -0.05) is 0 Å². The Morgan fingerprint density at radius 1 is 1.46 bits per heavy atom. The molecule has 0 aliphatic rings. The summed E-state index contributed by atoms with van der Waals surface area (Å²) in [5.41, 5.74) is 0. The van der Waals surface area contributed by atoms with Crippen molar-refractivity contribution in [2.24, 2.45) is 0 Å². The fourth-order valence-corrected chi connectivity index (χ4v) is 1.18. The molecule has 0 saturated heterocycles. The topological polar surface area (TPSA) is 32.3 Å². The van der Waals surface area contributed by atoms with Gasteiger partial charge in [-0.05, 0) is 27.7 Å². The standard InChI is InChI=1S/C8H17ClN2OSi/c1-5-11(6-2)7(12)10-8(3,4)13-9/h5-6H2,1-4H3,(H,10,12). The Morgan fingerprint density at radius 2 is 1.92 bits per heavy atom. The molecule has 0 fully saturated rings. The maximum Gasteiger partial charge on any atom is 0.317 e. The van der Waals surface area contributed by atoms with Crippen LogP contribution in [0.3, 0.4) is 0 Å². The minimum atomic E-state index is -0.304. The number of hydrogen-bond acceptors (Lipinski definition) is 1. The number of amides is 2. The van der Waals surface area contributed by atoms with Crippen molar-refractivity contribution in [2.75, 3.05) is 13.1 Å². The predicted molar refractivity (Wildman–Crippen MR) is 57.1 cm³/mol. The Balaban J connectivity index is 4.13. The predicted octanol–water partition coefficient (Wildman–Crippen LogP) is 1.63. The zero-order valence-corrected chi connectivity index (χ0v) is 10.4. The molecule has 0 aliphatic heterocycles. The SMILES string of the molecule is CCN(CC)C(=O)NC(C)(C)[Si]Cl. The van der Waals surface area contributed by atoms with Gasteiger partial charge in [-0.3, -0.25) is 0 Å². The fourth-order valence-electron chi connectivity index (χ4n) is 0.881. The summed E-state index contributed by atoms with van der Waals surface area (Å²) in [6.07, 6.45) is 0. The third-order valence-corrected chi connectivity index (χ3v) is 3.72. The zero-order chi connectivity index (χ0) is 10.5. The molecular weight excluding hydrogens is 204 g/mol. The number of nitrogens with one attached hydrogen (secondary N) is 1. The molecular formula is C8H17ClN2OSi. The van der Waals surface area contributed by atoms with Crippen LogP contribution in [0.1, 0.15) is 27.7 Å². The van der Waals surface area contributed by atoms with Crippen molar-refractivity contribution in [1.82, 2.24) is 10.2 Å². The highest BCUT2D eigenvalue weighted by Gasteiger charge is 2.22. The first-order valence-corrected chi connectivity index (χ1v) is 6.43. The highest BCUT2D eigenvalue weighted by molar-refractivity contribution is 6.95. The smallest absolute Gasteiger partial charge is 0.317 e. The number of hydrogen-bond donors (Lipinski definition) is 1. The third kappa shape index (κ3) is 4.52. The molecule has 0 unspecified atom stereocenters. The maximum absolute atomic E-state index is 11.5. The minimum Gasteiger partial charge on any atom is -0.335 e. The van der Waals surface area contributed by atoms with Gasteiger partial charge >= 0.3 is 6.03 Å². The monoisotopic (exact) mass is 220 g/mol. The van der Waals surface area contributed by atoms with E-state index < -0.39 is 0 Å². The first-order valence-electron chi connectivity index (χ1n) is 4.41.